The number of hydrogen-bond donors (Lipinski definition) is 2. The molecule has 0 bridgehead atoms. The Hall–Kier alpha value is -3.87. The van der Waals surface area contributed by atoms with Crippen molar-refractivity contribution in [1.29, 1.82) is 0 Å². The van der Waals surface area contributed by atoms with Crippen LogP contribution in [0.4, 0.5) is 5.69 Å². The number of carbonyl (C=O) groups excluding carboxylic acids is 2. The van der Waals surface area contributed by atoms with Gasteiger partial charge in [-0.05, 0) is 35.7 Å². The molecule has 7 heteroatoms. The number of rotatable bonds is 6. The zero-order valence-electron chi connectivity index (χ0n) is 15.0. The first-order chi connectivity index (χ1) is 13.5. The first-order valence-electron chi connectivity index (χ1n) is 8.35. The molecular formula is C21H17NO6. The summed E-state index contributed by atoms with van der Waals surface area (Å²) in [6.45, 7) is -0.368. The first kappa shape index (κ1) is 18.9. The number of anilines is 1. The molecule has 3 aromatic carbocycles. The van der Waals surface area contributed by atoms with Gasteiger partial charge in [0.05, 0.1) is 12.7 Å². The predicted molar refractivity (Wildman–Crippen MR) is 103 cm³/mol. The molecule has 0 aromatic heterocycles. The van der Waals surface area contributed by atoms with Gasteiger partial charge in [-0.3, -0.25) is 4.79 Å². The maximum atomic E-state index is 12.2. The van der Waals surface area contributed by atoms with Gasteiger partial charge >= 0.3 is 11.9 Å². The minimum atomic E-state index is -1.14. The quantitative estimate of drug-likeness (QED) is 0.637. The maximum absolute atomic E-state index is 12.2. The molecule has 0 aliphatic rings. The van der Waals surface area contributed by atoms with Gasteiger partial charge in [-0.2, -0.15) is 0 Å². The molecule has 0 saturated heterocycles. The largest absolute Gasteiger partial charge is 0.482 e. The van der Waals surface area contributed by atoms with Gasteiger partial charge in [0, 0.05) is 11.1 Å². The van der Waals surface area contributed by atoms with Crippen molar-refractivity contribution >= 4 is 34.3 Å². The molecule has 0 fully saturated rings. The molecule has 0 atom stereocenters. The van der Waals surface area contributed by atoms with Crippen LogP contribution in [0, 0.1) is 0 Å². The van der Waals surface area contributed by atoms with Gasteiger partial charge in [-0.1, -0.05) is 30.3 Å². The van der Waals surface area contributed by atoms with E-state index in [9.17, 15) is 19.5 Å². The number of hydrogen-bond acceptors (Lipinski definition) is 5. The molecule has 2 N–H and O–H groups in total. The molecule has 0 radical (unpaired) electrons. The summed E-state index contributed by atoms with van der Waals surface area (Å²) in [6.07, 6.45) is 0. The van der Waals surface area contributed by atoms with Crippen LogP contribution in [0.3, 0.4) is 0 Å². The number of nitrogens with one attached hydrogen (secondary N) is 1. The second-order valence-corrected chi connectivity index (χ2v) is 5.87. The van der Waals surface area contributed by atoms with Crippen molar-refractivity contribution in [2.75, 3.05) is 19.0 Å². The maximum Gasteiger partial charge on any atom is 0.339 e. The van der Waals surface area contributed by atoms with Crippen LogP contribution >= 0.6 is 0 Å². The van der Waals surface area contributed by atoms with Crippen LogP contribution < -0.4 is 10.1 Å². The number of benzene rings is 3. The minimum Gasteiger partial charge on any atom is -0.482 e. The van der Waals surface area contributed by atoms with E-state index in [1.165, 1.54) is 25.3 Å². The molecule has 0 heterocycles. The van der Waals surface area contributed by atoms with Crippen LogP contribution in [0.2, 0.25) is 0 Å². The van der Waals surface area contributed by atoms with E-state index in [2.05, 4.69) is 10.1 Å². The molecular weight excluding hydrogens is 362 g/mol. The molecule has 0 unspecified atom stereocenters. The first-order valence-corrected chi connectivity index (χ1v) is 8.35. The normalized spacial score (nSPS) is 10.3. The third-order valence-corrected chi connectivity index (χ3v) is 4.05. The van der Waals surface area contributed by atoms with Crippen LogP contribution in [0.25, 0.3) is 10.8 Å². The third-order valence-electron chi connectivity index (χ3n) is 4.05. The van der Waals surface area contributed by atoms with Gasteiger partial charge in [0.2, 0.25) is 0 Å². The third kappa shape index (κ3) is 4.09. The number of fused-ring (bicyclic) bond motifs is 1. The number of amides is 1. The average Bonchev–Trinajstić information content (AvgIpc) is 2.71. The van der Waals surface area contributed by atoms with Crippen LogP contribution in [0.1, 0.15) is 20.7 Å². The van der Waals surface area contributed by atoms with Crippen molar-refractivity contribution in [2.45, 2.75) is 0 Å². The Morgan fingerprint density at radius 2 is 1.68 bits per heavy atom. The summed E-state index contributed by atoms with van der Waals surface area (Å²) in [5, 5.41) is 13.4. The molecule has 28 heavy (non-hydrogen) atoms. The standard InChI is InChI=1S/C21H17NO6/c1-27-21(26)14-6-9-15(10-7-14)22-18(23)12-28-19-16-5-3-2-4-13(16)8-11-17(19)20(24)25/h2-11H,12H2,1H3,(H,22,23)(H,24,25). The molecule has 0 aliphatic heterocycles. The van der Waals surface area contributed by atoms with Crippen molar-refractivity contribution in [3.63, 3.8) is 0 Å². The number of ether oxygens (including phenoxy) is 2. The molecule has 3 aromatic rings. The summed E-state index contributed by atoms with van der Waals surface area (Å²) in [5.41, 5.74) is 0.810. The lowest BCUT2D eigenvalue weighted by Crippen LogP contribution is -2.21. The monoisotopic (exact) mass is 379 g/mol. The van der Waals surface area contributed by atoms with Crippen molar-refractivity contribution in [3.8, 4) is 5.75 Å². The molecule has 142 valence electrons. The number of carbonyl (C=O) groups is 3. The summed E-state index contributed by atoms with van der Waals surface area (Å²) in [4.78, 5) is 35.1. The minimum absolute atomic E-state index is 0.0195. The fraction of sp³-hybridized carbons (Fsp3) is 0.0952. The lowest BCUT2D eigenvalue weighted by Gasteiger charge is -2.12. The van der Waals surface area contributed by atoms with Gasteiger partial charge < -0.3 is 19.9 Å². The van der Waals surface area contributed by atoms with Crippen LogP contribution in [0.15, 0.2) is 60.7 Å². The Morgan fingerprint density at radius 3 is 2.36 bits per heavy atom. The Labute approximate surface area is 160 Å². The van der Waals surface area contributed by atoms with Gasteiger partial charge in [0.1, 0.15) is 11.3 Å². The van der Waals surface area contributed by atoms with E-state index in [0.717, 1.165) is 5.39 Å². The lowest BCUT2D eigenvalue weighted by molar-refractivity contribution is -0.118. The van der Waals surface area contributed by atoms with Gasteiger partial charge in [-0.15, -0.1) is 0 Å². The fourth-order valence-electron chi connectivity index (χ4n) is 2.71. The van der Waals surface area contributed by atoms with Gasteiger partial charge in [0.15, 0.2) is 6.61 Å². The number of methoxy groups -OCH3 is 1. The summed E-state index contributed by atoms with van der Waals surface area (Å²) in [7, 11) is 1.29. The van der Waals surface area contributed by atoms with E-state index in [1.807, 2.05) is 12.1 Å². The second kappa shape index (κ2) is 8.22. The number of carboxylic acids is 1. The highest BCUT2D eigenvalue weighted by molar-refractivity contribution is 6.01. The van der Waals surface area contributed by atoms with Crippen molar-refractivity contribution < 1.29 is 29.0 Å². The molecule has 7 nitrogen and oxygen atoms in total. The second-order valence-electron chi connectivity index (χ2n) is 5.87. The number of esters is 1. The highest BCUT2D eigenvalue weighted by Crippen LogP contribution is 2.30. The van der Waals surface area contributed by atoms with E-state index >= 15 is 0 Å². The van der Waals surface area contributed by atoms with Crippen LogP contribution in [0.5, 0.6) is 5.75 Å². The van der Waals surface area contributed by atoms with Gasteiger partial charge in [-0.25, -0.2) is 9.59 Å². The van der Waals surface area contributed by atoms with E-state index in [0.29, 0.717) is 16.6 Å². The summed E-state index contributed by atoms with van der Waals surface area (Å²) >= 11 is 0. The van der Waals surface area contributed by atoms with Crippen molar-refractivity contribution in [1.82, 2.24) is 0 Å². The Bertz CT molecular complexity index is 1040. The number of carboxylic acid groups (broad SMARTS) is 1. The Kier molecular flexibility index (Phi) is 5.55. The SMILES string of the molecule is COC(=O)c1ccc(NC(=O)COc2c(C(=O)O)ccc3ccccc23)cc1. The zero-order valence-corrected chi connectivity index (χ0v) is 15.0. The smallest absolute Gasteiger partial charge is 0.339 e. The highest BCUT2D eigenvalue weighted by Gasteiger charge is 2.16. The lowest BCUT2D eigenvalue weighted by atomic mass is 10.1. The highest BCUT2D eigenvalue weighted by atomic mass is 16.5. The fourth-order valence-corrected chi connectivity index (χ4v) is 2.71. The van der Waals surface area contributed by atoms with Crippen molar-refractivity contribution in [3.05, 3.63) is 71.8 Å². The molecule has 0 saturated carbocycles. The van der Waals surface area contributed by atoms with Crippen LogP contribution in [-0.2, 0) is 9.53 Å². The van der Waals surface area contributed by atoms with E-state index in [-0.39, 0.29) is 17.9 Å². The Morgan fingerprint density at radius 1 is 0.964 bits per heavy atom. The van der Waals surface area contributed by atoms with Gasteiger partial charge in [0.25, 0.3) is 5.91 Å². The molecule has 1 amide bonds. The summed E-state index contributed by atoms with van der Waals surface area (Å²) in [5.74, 6) is -1.94. The van der Waals surface area contributed by atoms with E-state index in [1.54, 1.807) is 30.3 Å². The average molecular weight is 379 g/mol. The van der Waals surface area contributed by atoms with Crippen molar-refractivity contribution in [2.24, 2.45) is 0 Å². The predicted octanol–water partition coefficient (Wildman–Crippen LogP) is 3.34. The number of aromatic carboxylic acids is 1. The zero-order chi connectivity index (χ0) is 20.1. The molecule has 0 aliphatic carbocycles. The van der Waals surface area contributed by atoms with Crippen LogP contribution in [-0.4, -0.2) is 36.7 Å². The topological polar surface area (TPSA) is 102 Å². The molecule has 3 rings (SSSR count). The molecule has 0 spiro atoms. The Balaban J connectivity index is 1.73. The van der Waals surface area contributed by atoms with E-state index < -0.39 is 17.8 Å². The summed E-state index contributed by atoms with van der Waals surface area (Å²) in [6, 6.07) is 16.5. The summed E-state index contributed by atoms with van der Waals surface area (Å²) < 4.78 is 10.2. The van der Waals surface area contributed by atoms with E-state index in [4.69, 9.17) is 4.74 Å².